The number of H-pyrrole nitrogens is 1. The molecule has 2 N–H and O–H groups in total. The van der Waals surface area contributed by atoms with Crippen LogP contribution < -0.4 is 5.32 Å². The summed E-state index contributed by atoms with van der Waals surface area (Å²) in [4.78, 5) is 15.7. The van der Waals surface area contributed by atoms with E-state index in [-0.39, 0.29) is 11.7 Å². The second kappa shape index (κ2) is 5.09. The fourth-order valence-electron chi connectivity index (χ4n) is 2.20. The lowest BCUT2D eigenvalue weighted by atomic mass is 10.1. The average Bonchev–Trinajstić information content (AvgIpc) is 3.05. The Morgan fingerprint density at radius 2 is 2.25 bits per heavy atom. The molecule has 0 atom stereocenters. The highest BCUT2D eigenvalue weighted by Gasteiger charge is 2.17. The normalized spacial score (nSPS) is 10.9. The van der Waals surface area contributed by atoms with Crippen molar-refractivity contribution in [3.8, 4) is 0 Å². The minimum Gasteiger partial charge on any atom is -0.367 e. The van der Waals surface area contributed by atoms with Crippen molar-refractivity contribution in [2.45, 2.75) is 13.5 Å². The van der Waals surface area contributed by atoms with Crippen LogP contribution in [0.1, 0.15) is 20.8 Å². The molecule has 0 saturated carbocycles. The maximum Gasteiger partial charge on any atom is 0.261 e. The van der Waals surface area contributed by atoms with Gasteiger partial charge < -0.3 is 10.3 Å². The third kappa shape index (κ3) is 2.20. The maximum atomic E-state index is 13.8. The van der Waals surface area contributed by atoms with E-state index in [1.54, 1.807) is 13.0 Å². The van der Waals surface area contributed by atoms with Crippen LogP contribution in [0, 0.1) is 12.7 Å². The Bertz CT molecular complexity index is 762. The van der Waals surface area contributed by atoms with Crippen LogP contribution in [-0.2, 0) is 6.54 Å². The zero-order chi connectivity index (χ0) is 14.1. The smallest absolute Gasteiger partial charge is 0.261 e. The highest BCUT2D eigenvalue weighted by atomic mass is 32.1. The summed E-state index contributed by atoms with van der Waals surface area (Å²) in [5.74, 6) is -0.440. The van der Waals surface area contributed by atoms with Gasteiger partial charge in [-0.15, -0.1) is 11.3 Å². The van der Waals surface area contributed by atoms with Crippen LogP contribution in [0.15, 0.2) is 36.7 Å². The lowest BCUT2D eigenvalue weighted by Crippen LogP contribution is -2.22. The molecule has 3 nitrogen and oxygen atoms in total. The number of aromatic amines is 1. The zero-order valence-corrected chi connectivity index (χ0v) is 11.7. The molecule has 3 aromatic rings. The van der Waals surface area contributed by atoms with Crippen molar-refractivity contribution < 1.29 is 9.18 Å². The maximum absolute atomic E-state index is 13.8. The van der Waals surface area contributed by atoms with Crippen molar-refractivity contribution in [1.29, 1.82) is 0 Å². The number of nitrogens with one attached hydrogen (secondary N) is 2. The Morgan fingerprint density at radius 1 is 1.40 bits per heavy atom. The molecule has 0 spiro atoms. The van der Waals surface area contributed by atoms with E-state index in [0.717, 1.165) is 10.3 Å². The highest BCUT2D eigenvalue weighted by Crippen LogP contribution is 2.32. The van der Waals surface area contributed by atoms with Gasteiger partial charge >= 0.3 is 0 Å². The van der Waals surface area contributed by atoms with E-state index < -0.39 is 0 Å². The van der Waals surface area contributed by atoms with Crippen LogP contribution in [0.4, 0.5) is 4.39 Å². The Morgan fingerprint density at radius 3 is 2.95 bits per heavy atom. The van der Waals surface area contributed by atoms with E-state index in [4.69, 9.17) is 0 Å². The first-order chi connectivity index (χ1) is 9.66. The molecule has 0 aliphatic heterocycles. The summed E-state index contributed by atoms with van der Waals surface area (Å²) >= 11 is 1.32. The average molecular weight is 288 g/mol. The molecular weight excluding hydrogens is 275 g/mol. The van der Waals surface area contributed by atoms with Gasteiger partial charge in [0.25, 0.3) is 5.91 Å². The van der Waals surface area contributed by atoms with Crippen molar-refractivity contribution in [3.05, 3.63) is 58.5 Å². The van der Waals surface area contributed by atoms with E-state index in [0.29, 0.717) is 22.4 Å². The number of carbonyl (C=O) groups is 1. The van der Waals surface area contributed by atoms with Gasteiger partial charge in [-0.1, -0.05) is 6.07 Å². The summed E-state index contributed by atoms with van der Waals surface area (Å²) < 4.78 is 14.6. The molecule has 20 heavy (non-hydrogen) atoms. The summed E-state index contributed by atoms with van der Waals surface area (Å²) in [7, 11) is 0. The molecule has 5 heteroatoms. The SMILES string of the molecule is Cc1c(C(=O)NCc2cc[nH]c2)sc2cccc(F)c12. The van der Waals surface area contributed by atoms with E-state index >= 15 is 0 Å². The lowest BCUT2D eigenvalue weighted by Gasteiger charge is -2.02. The number of fused-ring (bicyclic) bond motifs is 1. The van der Waals surface area contributed by atoms with Gasteiger partial charge in [0, 0.05) is 29.0 Å². The van der Waals surface area contributed by atoms with Gasteiger partial charge in [-0.05, 0) is 36.2 Å². The van der Waals surface area contributed by atoms with Gasteiger partial charge in [-0.25, -0.2) is 4.39 Å². The summed E-state index contributed by atoms with van der Waals surface area (Å²) in [6.07, 6.45) is 3.64. The van der Waals surface area contributed by atoms with Crippen LogP contribution >= 0.6 is 11.3 Å². The number of rotatable bonds is 3. The predicted octanol–water partition coefficient (Wildman–Crippen LogP) is 3.61. The topological polar surface area (TPSA) is 44.9 Å². The monoisotopic (exact) mass is 288 g/mol. The third-order valence-electron chi connectivity index (χ3n) is 3.22. The van der Waals surface area contributed by atoms with Crippen LogP contribution in [0.25, 0.3) is 10.1 Å². The molecule has 102 valence electrons. The molecule has 1 aromatic carbocycles. The summed E-state index contributed by atoms with van der Waals surface area (Å²) in [6, 6.07) is 6.81. The minimum absolute atomic E-state index is 0.163. The molecule has 0 unspecified atom stereocenters. The Balaban J connectivity index is 1.88. The molecular formula is C15H13FN2OS. The van der Waals surface area contributed by atoms with Crippen LogP contribution in [-0.4, -0.2) is 10.9 Å². The number of halogens is 1. The van der Waals surface area contributed by atoms with Crippen molar-refractivity contribution in [2.75, 3.05) is 0 Å². The summed E-state index contributed by atoms with van der Waals surface area (Å²) in [5, 5.41) is 3.40. The van der Waals surface area contributed by atoms with Crippen LogP contribution in [0.3, 0.4) is 0 Å². The zero-order valence-electron chi connectivity index (χ0n) is 10.9. The predicted molar refractivity (Wildman–Crippen MR) is 78.5 cm³/mol. The van der Waals surface area contributed by atoms with Crippen molar-refractivity contribution in [2.24, 2.45) is 0 Å². The van der Waals surface area contributed by atoms with E-state index in [2.05, 4.69) is 10.3 Å². The molecule has 0 saturated heterocycles. The Kier molecular flexibility index (Phi) is 3.28. The van der Waals surface area contributed by atoms with Crippen molar-refractivity contribution >= 4 is 27.3 Å². The first-order valence-electron chi connectivity index (χ1n) is 6.24. The molecule has 0 radical (unpaired) electrons. The summed E-state index contributed by atoms with van der Waals surface area (Å²) in [6.45, 7) is 2.24. The molecule has 0 aliphatic carbocycles. The molecule has 0 bridgehead atoms. The highest BCUT2D eigenvalue weighted by molar-refractivity contribution is 7.21. The second-order valence-electron chi connectivity index (χ2n) is 4.57. The second-order valence-corrected chi connectivity index (χ2v) is 5.62. The van der Waals surface area contributed by atoms with Crippen molar-refractivity contribution in [3.63, 3.8) is 0 Å². The van der Waals surface area contributed by atoms with Crippen molar-refractivity contribution in [1.82, 2.24) is 10.3 Å². The molecule has 0 fully saturated rings. The number of carbonyl (C=O) groups excluding carboxylic acids is 1. The first-order valence-corrected chi connectivity index (χ1v) is 7.06. The number of hydrogen-bond donors (Lipinski definition) is 2. The number of amides is 1. The largest absolute Gasteiger partial charge is 0.367 e. The number of aromatic nitrogens is 1. The fraction of sp³-hybridized carbons (Fsp3) is 0.133. The quantitative estimate of drug-likeness (QED) is 0.760. The van der Waals surface area contributed by atoms with Gasteiger partial charge in [-0.2, -0.15) is 0 Å². The lowest BCUT2D eigenvalue weighted by molar-refractivity contribution is 0.0954. The van der Waals surface area contributed by atoms with Gasteiger partial charge in [-0.3, -0.25) is 4.79 Å². The van der Waals surface area contributed by atoms with E-state index in [1.165, 1.54) is 17.4 Å². The molecule has 0 aliphatic rings. The number of aryl methyl sites for hydroxylation is 1. The Labute approximate surface area is 119 Å². The Hall–Kier alpha value is -2.14. The summed E-state index contributed by atoms with van der Waals surface area (Å²) in [5.41, 5.74) is 1.71. The van der Waals surface area contributed by atoms with Gasteiger partial charge in [0.1, 0.15) is 5.82 Å². The molecule has 2 heterocycles. The van der Waals surface area contributed by atoms with E-state index in [1.807, 2.05) is 24.5 Å². The van der Waals surface area contributed by atoms with Crippen LogP contribution in [0.5, 0.6) is 0 Å². The molecule has 2 aromatic heterocycles. The minimum atomic E-state index is -0.277. The molecule has 1 amide bonds. The van der Waals surface area contributed by atoms with E-state index in [9.17, 15) is 9.18 Å². The number of benzene rings is 1. The van der Waals surface area contributed by atoms with Gasteiger partial charge in [0.05, 0.1) is 4.88 Å². The number of thiophene rings is 1. The number of hydrogen-bond acceptors (Lipinski definition) is 2. The molecule has 3 rings (SSSR count). The van der Waals surface area contributed by atoms with Gasteiger partial charge in [0.15, 0.2) is 0 Å². The first kappa shape index (κ1) is 12.9. The van der Waals surface area contributed by atoms with Gasteiger partial charge in [0.2, 0.25) is 0 Å². The third-order valence-corrected chi connectivity index (χ3v) is 4.48. The fourth-order valence-corrected chi connectivity index (χ4v) is 3.34. The standard InChI is InChI=1S/C15H13FN2OS/c1-9-13-11(16)3-2-4-12(13)20-14(9)15(19)18-8-10-5-6-17-7-10/h2-7,17H,8H2,1H3,(H,18,19). The van der Waals surface area contributed by atoms with Crippen LogP contribution in [0.2, 0.25) is 0 Å².